The zero-order valence-electron chi connectivity index (χ0n) is 8.34. The van der Waals surface area contributed by atoms with Crippen LogP contribution in [-0.2, 0) is 15.2 Å². The first-order valence-corrected chi connectivity index (χ1v) is 6.45. The van der Waals surface area contributed by atoms with Crippen molar-refractivity contribution in [1.82, 2.24) is 0 Å². The van der Waals surface area contributed by atoms with Crippen molar-refractivity contribution in [3.8, 4) is 6.07 Å². The summed E-state index contributed by atoms with van der Waals surface area (Å²) in [6, 6.07) is 2.59. The second-order valence-corrected chi connectivity index (χ2v) is 5.75. The summed E-state index contributed by atoms with van der Waals surface area (Å²) in [5.41, 5.74) is -1.99. The maximum absolute atomic E-state index is 12.5. The smallest absolute Gasteiger partial charge is 0.207 e. The number of alkyl halides is 3. The lowest BCUT2D eigenvalue weighted by molar-refractivity contribution is -0.138. The summed E-state index contributed by atoms with van der Waals surface area (Å²) >= 11 is 0. The van der Waals surface area contributed by atoms with Gasteiger partial charge in [-0.15, -0.1) is 0 Å². The summed E-state index contributed by atoms with van der Waals surface area (Å²) in [4.78, 5) is -0.618. The molecule has 0 aromatic heterocycles. The molecule has 0 aliphatic heterocycles. The van der Waals surface area contributed by atoms with Crippen LogP contribution in [0.15, 0.2) is 17.0 Å². The molecule has 1 aromatic rings. The minimum absolute atomic E-state index is 0.310. The van der Waals surface area contributed by atoms with E-state index in [-0.39, 0.29) is 5.56 Å². The van der Waals surface area contributed by atoms with Crippen LogP contribution >= 0.6 is 10.7 Å². The fraction of sp³-hybridized carbons (Fsp3) is 0.222. The van der Waals surface area contributed by atoms with Crippen LogP contribution < -0.4 is 0 Å². The summed E-state index contributed by atoms with van der Waals surface area (Å²) < 4.78 is 59.6. The number of nitrogens with zero attached hydrogens (tertiary/aromatic N) is 1. The van der Waals surface area contributed by atoms with E-state index in [0.717, 1.165) is 13.0 Å². The molecule has 0 atom stereocenters. The van der Waals surface area contributed by atoms with E-state index in [4.69, 9.17) is 15.9 Å². The van der Waals surface area contributed by atoms with Gasteiger partial charge in [-0.3, -0.25) is 0 Å². The van der Waals surface area contributed by atoms with Gasteiger partial charge in [-0.05, 0) is 24.6 Å². The summed E-state index contributed by atoms with van der Waals surface area (Å²) in [6.07, 6.45) is -4.65. The molecule has 1 rings (SSSR count). The van der Waals surface area contributed by atoms with E-state index in [0.29, 0.717) is 6.07 Å². The van der Waals surface area contributed by atoms with Crippen LogP contribution in [0.25, 0.3) is 0 Å². The Labute approximate surface area is 99.8 Å². The summed E-state index contributed by atoms with van der Waals surface area (Å²) in [6.45, 7) is 1.09. The van der Waals surface area contributed by atoms with Crippen LogP contribution in [0.4, 0.5) is 13.2 Å². The number of benzene rings is 1. The van der Waals surface area contributed by atoms with Gasteiger partial charge in [0, 0.05) is 10.7 Å². The lowest BCUT2D eigenvalue weighted by Gasteiger charge is -2.11. The van der Waals surface area contributed by atoms with Gasteiger partial charge in [-0.25, -0.2) is 8.42 Å². The van der Waals surface area contributed by atoms with E-state index >= 15 is 0 Å². The fourth-order valence-corrected chi connectivity index (χ4v) is 2.34. The molecular formula is C9H5ClF3NO2S. The van der Waals surface area contributed by atoms with Crippen molar-refractivity contribution >= 4 is 19.7 Å². The lowest BCUT2D eigenvalue weighted by Crippen LogP contribution is -2.09. The van der Waals surface area contributed by atoms with E-state index in [9.17, 15) is 21.6 Å². The van der Waals surface area contributed by atoms with Crippen LogP contribution in [0, 0.1) is 18.3 Å². The second-order valence-electron chi connectivity index (χ2n) is 3.21. The molecule has 0 unspecified atom stereocenters. The van der Waals surface area contributed by atoms with Crippen molar-refractivity contribution in [2.24, 2.45) is 0 Å². The molecule has 0 spiro atoms. The highest BCUT2D eigenvalue weighted by molar-refractivity contribution is 8.13. The highest BCUT2D eigenvalue weighted by Crippen LogP contribution is 2.34. The molecule has 0 aliphatic rings. The predicted octanol–water partition coefficient (Wildman–Crippen LogP) is 2.81. The first kappa shape index (κ1) is 13.8. The van der Waals surface area contributed by atoms with Crippen molar-refractivity contribution < 1.29 is 21.6 Å². The molecule has 0 heterocycles. The van der Waals surface area contributed by atoms with Crippen molar-refractivity contribution in [3.05, 3.63) is 28.8 Å². The summed E-state index contributed by atoms with van der Waals surface area (Å²) in [7, 11) is 0.773. The van der Waals surface area contributed by atoms with Crippen LogP contribution in [0.1, 0.15) is 16.7 Å². The van der Waals surface area contributed by atoms with Gasteiger partial charge in [0.1, 0.15) is 11.0 Å². The van der Waals surface area contributed by atoms with Crippen LogP contribution in [0.5, 0.6) is 0 Å². The number of halogens is 4. The van der Waals surface area contributed by atoms with Gasteiger partial charge in [-0.2, -0.15) is 18.4 Å². The molecule has 92 valence electrons. The summed E-state index contributed by atoms with van der Waals surface area (Å²) in [5.74, 6) is 0. The molecule has 0 amide bonds. The average Bonchev–Trinajstić information content (AvgIpc) is 2.14. The lowest BCUT2D eigenvalue weighted by atomic mass is 10.1. The molecule has 0 saturated heterocycles. The van der Waals surface area contributed by atoms with E-state index in [2.05, 4.69) is 0 Å². The topological polar surface area (TPSA) is 57.9 Å². The number of hydrogen-bond acceptors (Lipinski definition) is 3. The SMILES string of the molecule is Cc1cc(S(=O)(=O)Cl)c(C#N)cc1C(F)(F)F. The van der Waals surface area contributed by atoms with E-state index in [1.165, 1.54) is 6.07 Å². The van der Waals surface area contributed by atoms with Gasteiger partial charge in [0.05, 0.1) is 11.1 Å². The van der Waals surface area contributed by atoms with E-state index in [1.807, 2.05) is 0 Å². The van der Waals surface area contributed by atoms with Gasteiger partial charge in [-0.1, -0.05) is 0 Å². The quantitative estimate of drug-likeness (QED) is 0.745. The van der Waals surface area contributed by atoms with Crippen molar-refractivity contribution in [1.29, 1.82) is 5.26 Å². The zero-order valence-corrected chi connectivity index (χ0v) is 9.91. The number of hydrogen-bond donors (Lipinski definition) is 0. The van der Waals surface area contributed by atoms with Crippen molar-refractivity contribution in [2.45, 2.75) is 18.0 Å². The normalized spacial score (nSPS) is 12.2. The van der Waals surface area contributed by atoms with Gasteiger partial charge in [0.15, 0.2) is 0 Å². The molecule has 0 saturated carbocycles. The first-order valence-electron chi connectivity index (χ1n) is 4.14. The third-order valence-corrected chi connectivity index (χ3v) is 3.38. The first-order chi connectivity index (χ1) is 7.57. The number of aryl methyl sites for hydroxylation is 1. The Hall–Kier alpha value is -1.26. The van der Waals surface area contributed by atoms with Gasteiger partial charge in [0.2, 0.25) is 0 Å². The molecule has 0 aliphatic carbocycles. The summed E-state index contributed by atoms with van der Waals surface area (Å²) in [5, 5.41) is 8.62. The Balaban J connectivity index is 3.65. The molecular weight excluding hydrogens is 279 g/mol. The molecule has 0 bridgehead atoms. The monoisotopic (exact) mass is 283 g/mol. The van der Waals surface area contributed by atoms with Gasteiger partial charge < -0.3 is 0 Å². The molecule has 0 fully saturated rings. The van der Waals surface area contributed by atoms with E-state index in [1.54, 1.807) is 0 Å². The third-order valence-electron chi connectivity index (χ3n) is 2.02. The number of rotatable bonds is 1. The third kappa shape index (κ3) is 2.90. The minimum atomic E-state index is -4.65. The molecule has 17 heavy (non-hydrogen) atoms. The molecule has 8 heteroatoms. The molecule has 3 nitrogen and oxygen atoms in total. The highest BCUT2D eigenvalue weighted by Gasteiger charge is 2.34. The molecule has 1 aromatic carbocycles. The van der Waals surface area contributed by atoms with Gasteiger partial charge >= 0.3 is 6.18 Å². The molecule has 0 N–H and O–H groups in total. The van der Waals surface area contributed by atoms with Crippen molar-refractivity contribution in [2.75, 3.05) is 0 Å². The van der Waals surface area contributed by atoms with Crippen LogP contribution in [-0.4, -0.2) is 8.42 Å². The Morgan fingerprint density at radius 3 is 2.24 bits per heavy atom. The second kappa shape index (κ2) is 4.20. The fourth-order valence-electron chi connectivity index (χ4n) is 1.28. The number of nitriles is 1. The Morgan fingerprint density at radius 1 is 1.35 bits per heavy atom. The Bertz CT molecular complexity index is 602. The van der Waals surface area contributed by atoms with Crippen LogP contribution in [0.3, 0.4) is 0 Å². The van der Waals surface area contributed by atoms with Crippen molar-refractivity contribution in [3.63, 3.8) is 0 Å². The zero-order chi connectivity index (χ0) is 13.4. The van der Waals surface area contributed by atoms with E-state index < -0.39 is 31.2 Å². The Kier molecular flexibility index (Phi) is 3.41. The van der Waals surface area contributed by atoms with Crippen LogP contribution in [0.2, 0.25) is 0 Å². The molecule has 0 radical (unpaired) electrons. The van der Waals surface area contributed by atoms with Gasteiger partial charge in [0.25, 0.3) is 9.05 Å². The Morgan fingerprint density at radius 2 is 1.88 bits per heavy atom. The maximum Gasteiger partial charge on any atom is 0.416 e. The average molecular weight is 284 g/mol. The largest absolute Gasteiger partial charge is 0.416 e. The standard InChI is InChI=1S/C9H5ClF3NO2S/c1-5-2-8(17(10,15)16)6(4-14)3-7(5)9(11,12)13/h2-3H,1H3. The predicted molar refractivity (Wildman–Crippen MR) is 53.9 cm³/mol. The highest BCUT2D eigenvalue weighted by atomic mass is 35.7. The minimum Gasteiger partial charge on any atom is -0.207 e. The maximum atomic E-state index is 12.5.